The van der Waals surface area contributed by atoms with Gasteiger partial charge < -0.3 is 5.73 Å². The first-order chi connectivity index (χ1) is 7.79. The van der Waals surface area contributed by atoms with Crippen molar-refractivity contribution >= 4 is 22.4 Å². The zero-order valence-corrected chi connectivity index (χ0v) is 9.07. The molecule has 0 aliphatic heterocycles. The van der Waals surface area contributed by atoms with E-state index in [2.05, 4.69) is 20.5 Å². The van der Waals surface area contributed by atoms with Crippen molar-refractivity contribution in [1.29, 1.82) is 0 Å². The number of carbonyl (C=O) groups excluding carboxylic acids is 1. The van der Waals surface area contributed by atoms with Crippen molar-refractivity contribution in [3.8, 4) is 10.6 Å². The lowest BCUT2D eigenvalue weighted by molar-refractivity contribution is -0.114. The Labute approximate surface area is 95.5 Å². The molecule has 0 saturated heterocycles. The van der Waals surface area contributed by atoms with Crippen LogP contribution in [0.1, 0.15) is 0 Å². The number of rotatable bonds is 3. The second-order valence-electron chi connectivity index (χ2n) is 2.90. The predicted octanol–water partition coefficient (Wildman–Crippen LogP) is 0.497. The van der Waals surface area contributed by atoms with Crippen LogP contribution < -0.4 is 11.1 Å². The Kier molecular flexibility index (Phi) is 3.18. The van der Waals surface area contributed by atoms with E-state index < -0.39 is 0 Å². The minimum absolute atomic E-state index is 0.0653. The van der Waals surface area contributed by atoms with Crippen molar-refractivity contribution in [3.05, 3.63) is 24.5 Å². The van der Waals surface area contributed by atoms with Gasteiger partial charge >= 0.3 is 0 Å². The Morgan fingerprint density at radius 1 is 1.38 bits per heavy atom. The third-order valence-corrected chi connectivity index (χ3v) is 2.67. The van der Waals surface area contributed by atoms with Gasteiger partial charge in [-0.05, 0) is 12.1 Å². The molecule has 0 unspecified atom stereocenters. The van der Waals surface area contributed by atoms with E-state index in [-0.39, 0.29) is 12.5 Å². The van der Waals surface area contributed by atoms with E-state index in [1.165, 1.54) is 11.3 Å². The van der Waals surface area contributed by atoms with Gasteiger partial charge in [0.15, 0.2) is 0 Å². The van der Waals surface area contributed by atoms with E-state index in [9.17, 15) is 4.79 Å². The van der Waals surface area contributed by atoms with Crippen LogP contribution in [0.15, 0.2) is 24.5 Å². The second-order valence-corrected chi connectivity index (χ2v) is 3.88. The first-order valence-corrected chi connectivity index (χ1v) is 5.35. The summed E-state index contributed by atoms with van der Waals surface area (Å²) in [4.78, 5) is 14.9. The Morgan fingerprint density at radius 3 is 2.81 bits per heavy atom. The first-order valence-electron chi connectivity index (χ1n) is 4.53. The second kappa shape index (κ2) is 4.77. The van der Waals surface area contributed by atoms with Crippen LogP contribution in [0, 0.1) is 0 Å². The molecule has 2 aromatic rings. The lowest BCUT2D eigenvalue weighted by Crippen LogP contribution is -2.21. The Bertz CT molecular complexity index is 484. The molecule has 2 rings (SSSR count). The van der Waals surface area contributed by atoms with Crippen LogP contribution in [0.5, 0.6) is 0 Å². The van der Waals surface area contributed by atoms with E-state index in [1.54, 1.807) is 12.4 Å². The van der Waals surface area contributed by atoms with E-state index in [0.29, 0.717) is 5.13 Å². The van der Waals surface area contributed by atoms with Crippen LogP contribution in [0.3, 0.4) is 0 Å². The number of anilines is 1. The number of aromatic nitrogens is 3. The van der Waals surface area contributed by atoms with Gasteiger partial charge in [-0.15, -0.1) is 10.2 Å². The van der Waals surface area contributed by atoms with Crippen molar-refractivity contribution in [1.82, 2.24) is 15.2 Å². The van der Waals surface area contributed by atoms with Crippen LogP contribution >= 0.6 is 11.3 Å². The molecule has 0 atom stereocenters. The average molecular weight is 235 g/mol. The van der Waals surface area contributed by atoms with Gasteiger partial charge in [0.25, 0.3) is 0 Å². The largest absolute Gasteiger partial charge is 0.322 e. The van der Waals surface area contributed by atoms with Crippen LogP contribution in [0.2, 0.25) is 0 Å². The molecule has 2 aromatic heterocycles. The molecule has 7 heteroatoms. The molecular formula is C9H9N5OS. The molecule has 2 heterocycles. The molecule has 0 aliphatic rings. The molecule has 0 spiro atoms. The van der Waals surface area contributed by atoms with Crippen molar-refractivity contribution < 1.29 is 4.79 Å². The number of pyridine rings is 1. The van der Waals surface area contributed by atoms with Gasteiger partial charge in [0.1, 0.15) is 5.01 Å². The normalized spacial score (nSPS) is 10.1. The molecule has 0 aromatic carbocycles. The highest BCUT2D eigenvalue weighted by atomic mass is 32.1. The van der Waals surface area contributed by atoms with E-state index >= 15 is 0 Å². The predicted molar refractivity (Wildman–Crippen MR) is 60.8 cm³/mol. The smallest absolute Gasteiger partial charge is 0.239 e. The maximum atomic E-state index is 11.0. The van der Waals surface area contributed by atoms with Gasteiger partial charge in [-0.25, -0.2) is 0 Å². The van der Waals surface area contributed by atoms with Crippen molar-refractivity contribution in [3.63, 3.8) is 0 Å². The van der Waals surface area contributed by atoms with E-state index in [0.717, 1.165) is 10.6 Å². The number of amides is 1. The summed E-state index contributed by atoms with van der Waals surface area (Å²) < 4.78 is 0. The highest BCUT2D eigenvalue weighted by molar-refractivity contribution is 7.18. The Balaban J connectivity index is 2.17. The summed E-state index contributed by atoms with van der Waals surface area (Å²) in [7, 11) is 0. The summed E-state index contributed by atoms with van der Waals surface area (Å²) in [5, 5.41) is 11.5. The van der Waals surface area contributed by atoms with Crippen LogP contribution in [0.4, 0.5) is 5.13 Å². The highest BCUT2D eigenvalue weighted by Gasteiger charge is 2.07. The molecule has 0 bridgehead atoms. The Hall–Kier alpha value is -1.86. The van der Waals surface area contributed by atoms with E-state index in [1.807, 2.05) is 12.1 Å². The maximum absolute atomic E-state index is 11.0. The third kappa shape index (κ3) is 2.38. The van der Waals surface area contributed by atoms with Gasteiger partial charge in [-0.1, -0.05) is 11.3 Å². The van der Waals surface area contributed by atoms with Crippen molar-refractivity contribution in [2.24, 2.45) is 5.73 Å². The van der Waals surface area contributed by atoms with Gasteiger partial charge in [0, 0.05) is 18.0 Å². The molecule has 16 heavy (non-hydrogen) atoms. The summed E-state index contributed by atoms with van der Waals surface area (Å²) in [6, 6.07) is 3.66. The van der Waals surface area contributed by atoms with Crippen molar-refractivity contribution in [2.45, 2.75) is 0 Å². The minimum Gasteiger partial charge on any atom is -0.322 e. The maximum Gasteiger partial charge on any atom is 0.239 e. The number of nitrogens with one attached hydrogen (secondary N) is 1. The monoisotopic (exact) mass is 235 g/mol. The molecular weight excluding hydrogens is 226 g/mol. The summed E-state index contributed by atoms with van der Waals surface area (Å²) in [5.74, 6) is -0.280. The molecule has 6 nitrogen and oxygen atoms in total. The van der Waals surface area contributed by atoms with Gasteiger partial charge in [0.2, 0.25) is 11.0 Å². The van der Waals surface area contributed by atoms with E-state index in [4.69, 9.17) is 5.73 Å². The Morgan fingerprint density at radius 2 is 2.12 bits per heavy atom. The fourth-order valence-corrected chi connectivity index (χ4v) is 1.82. The molecule has 0 fully saturated rings. The molecule has 3 N–H and O–H groups in total. The highest BCUT2D eigenvalue weighted by Crippen LogP contribution is 2.25. The lowest BCUT2D eigenvalue weighted by Gasteiger charge is -1.95. The minimum atomic E-state index is -0.280. The lowest BCUT2D eigenvalue weighted by atomic mass is 10.3. The molecule has 0 aliphatic carbocycles. The van der Waals surface area contributed by atoms with Gasteiger partial charge in [-0.3, -0.25) is 15.1 Å². The summed E-state index contributed by atoms with van der Waals surface area (Å²) in [6.07, 6.45) is 3.35. The first kappa shape index (κ1) is 10.7. The number of hydrogen-bond donors (Lipinski definition) is 2. The molecule has 0 saturated carbocycles. The third-order valence-electron chi connectivity index (χ3n) is 1.78. The van der Waals surface area contributed by atoms with Gasteiger partial charge in [-0.2, -0.15) is 0 Å². The summed E-state index contributed by atoms with van der Waals surface area (Å²) >= 11 is 1.29. The van der Waals surface area contributed by atoms with Crippen LogP contribution in [-0.4, -0.2) is 27.6 Å². The summed E-state index contributed by atoms with van der Waals surface area (Å²) in [5.41, 5.74) is 6.09. The standard InChI is InChI=1S/C9H9N5OS/c10-5-7(15)12-9-14-13-8(16-9)6-1-3-11-4-2-6/h1-4H,5,10H2,(H,12,14,15). The average Bonchev–Trinajstić information content (AvgIpc) is 2.78. The van der Waals surface area contributed by atoms with Crippen LogP contribution in [0.25, 0.3) is 10.6 Å². The fraction of sp³-hybridized carbons (Fsp3) is 0.111. The number of nitrogens with two attached hydrogens (primary N) is 1. The molecule has 0 radical (unpaired) electrons. The topological polar surface area (TPSA) is 93.8 Å². The quantitative estimate of drug-likeness (QED) is 0.807. The SMILES string of the molecule is NCC(=O)Nc1nnc(-c2ccncc2)s1. The fourth-order valence-electron chi connectivity index (χ4n) is 1.06. The molecule has 1 amide bonds. The summed E-state index contributed by atoms with van der Waals surface area (Å²) in [6.45, 7) is -0.0653. The number of nitrogens with zero attached hydrogens (tertiary/aromatic N) is 3. The zero-order chi connectivity index (χ0) is 11.4. The van der Waals surface area contributed by atoms with Crippen LogP contribution in [-0.2, 0) is 4.79 Å². The van der Waals surface area contributed by atoms with Gasteiger partial charge in [0.05, 0.1) is 6.54 Å². The molecule has 82 valence electrons. The number of carbonyl (C=O) groups is 1. The van der Waals surface area contributed by atoms with Crippen molar-refractivity contribution in [2.75, 3.05) is 11.9 Å². The zero-order valence-electron chi connectivity index (χ0n) is 8.25. The number of hydrogen-bond acceptors (Lipinski definition) is 6.